The number of hydrogen-bond acceptors (Lipinski definition) is 26. The van der Waals surface area contributed by atoms with Crippen molar-refractivity contribution in [1.29, 1.82) is 0 Å². The average molecular weight is 2000 g/mol. The van der Waals surface area contributed by atoms with Gasteiger partial charge in [0.1, 0.15) is 32.2 Å². The topological polar surface area (TPSA) is 629 Å². The molecule has 0 bridgehead atoms. The van der Waals surface area contributed by atoms with Crippen molar-refractivity contribution in [2.75, 3.05) is 76.8 Å². The number of ether oxygens (including phenoxy) is 11. The first-order chi connectivity index (χ1) is 68.7. The second-order valence-electron chi connectivity index (χ2n) is 28.8. The molecule has 3 amide bonds. The van der Waals surface area contributed by atoms with Crippen LogP contribution in [0.1, 0.15) is 190 Å². The zero-order valence-electron chi connectivity index (χ0n) is 81.3. The Morgan fingerprint density at radius 3 is 0.930 bits per heavy atom. The second kappa shape index (κ2) is 84.7. The highest BCUT2D eigenvalue weighted by atomic mass is 32.2. The van der Waals surface area contributed by atoms with Gasteiger partial charge in [-0.25, -0.2) is 43.2 Å². The van der Waals surface area contributed by atoms with Gasteiger partial charge in [-0.3, -0.25) is 19.2 Å². The van der Waals surface area contributed by atoms with Crippen molar-refractivity contribution in [3.8, 4) is 0 Å². The lowest BCUT2D eigenvalue weighted by molar-refractivity contribution is -0.146. The number of nitrogens with two attached hydrogens (primary N) is 1. The smallest absolute Gasteiger partial charge is 0.433 e. The average Bonchev–Trinajstić information content (AvgIpc) is 0.854. The Hall–Kier alpha value is -15.5. The Balaban J connectivity index is 0.00000168. The van der Waals surface area contributed by atoms with Crippen LogP contribution in [-0.2, 0) is 144 Å². The first-order valence-corrected chi connectivity index (χ1v) is 48.1. The number of thioether (sulfide) groups is 2. The van der Waals surface area contributed by atoms with Crippen molar-refractivity contribution < 1.29 is 148 Å². The minimum Gasteiger partial charge on any atom is -0.461 e. The van der Waals surface area contributed by atoms with Crippen LogP contribution in [0.15, 0.2) is 187 Å². The third-order valence-corrected chi connectivity index (χ3v) is 19.2. The van der Waals surface area contributed by atoms with Gasteiger partial charge in [-0.1, -0.05) is 189 Å². The number of carbonyl (C=O) groups is 13. The molecule has 6 aromatic carbocycles. The Morgan fingerprint density at radius 1 is 0.310 bits per heavy atom. The van der Waals surface area contributed by atoms with Crippen molar-refractivity contribution in [2.45, 2.75) is 196 Å². The Morgan fingerprint density at radius 2 is 0.599 bits per heavy atom. The highest BCUT2D eigenvalue weighted by Crippen LogP contribution is 2.14. The van der Waals surface area contributed by atoms with Crippen LogP contribution in [0.25, 0.3) is 38.7 Å². The molecule has 0 saturated carbocycles. The minimum atomic E-state index is -0.802. The summed E-state index contributed by atoms with van der Waals surface area (Å²) < 4.78 is 54.2. The molecule has 0 aromatic heterocycles. The Bertz CT molecular complexity index is 5260. The van der Waals surface area contributed by atoms with Crippen LogP contribution in [0.2, 0.25) is 0 Å². The van der Waals surface area contributed by atoms with Crippen molar-refractivity contribution in [1.82, 2.24) is 5.32 Å². The van der Waals surface area contributed by atoms with Gasteiger partial charge in [0.15, 0.2) is 0 Å². The molecule has 0 atom stereocenters. The number of ketones is 1. The van der Waals surface area contributed by atoms with Gasteiger partial charge in [-0.15, -0.1) is 0 Å². The predicted octanol–water partition coefficient (Wildman–Crippen LogP) is 14.0. The first kappa shape index (κ1) is 126. The lowest BCUT2D eigenvalue weighted by Gasteiger charge is -2.08. The van der Waals surface area contributed by atoms with Crippen molar-refractivity contribution in [2.24, 2.45) is 10.7 Å². The number of alkyl carbamates (subject to hydrolysis) is 1. The summed E-state index contributed by atoms with van der Waals surface area (Å²) >= 11 is 3.16. The highest BCUT2D eigenvalue weighted by molar-refractivity contribution is 7.98. The third-order valence-electron chi connectivity index (χ3n) is 18.0. The summed E-state index contributed by atoms with van der Waals surface area (Å²) in [5.74, 6) is -4.53. The summed E-state index contributed by atoms with van der Waals surface area (Å²) in [5.41, 5.74) is 71.2. The van der Waals surface area contributed by atoms with Gasteiger partial charge in [0.2, 0.25) is 5.91 Å². The van der Waals surface area contributed by atoms with Crippen LogP contribution < -0.4 is 11.1 Å². The molecule has 0 unspecified atom stereocenters. The number of amides is 3. The van der Waals surface area contributed by atoms with Crippen LogP contribution >= 0.6 is 23.5 Å². The lowest BCUT2D eigenvalue weighted by Crippen LogP contribution is -2.25. The molecule has 3 N–H and O–H groups in total. The summed E-state index contributed by atoms with van der Waals surface area (Å²) in [4.78, 5) is 173. The van der Waals surface area contributed by atoms with Gasteiger partial charge < -0.3 is 102 Å². The highest BCUT2D eigenvalue weighted by Gasteiger charge is 2.28. The van der Waals surface area contributed by atoms with E-state index >= 15 is 0 Å². The van der Waals surface area contributed by atoms with Gasteiger partial charge in [-0.2, -0.15) is 62.0 Å². The number of rotatable bonds is 55. The molecule has 6 rings (SSSR count). The van der Waals surface area contributed by atoms with E-state index in [2.05, 4.69) is 58.0 Å². The summed E-state index contributed by atoms with van der Waals surface area (Å²) in [7, 11) is 0. The predicted molar refractivity (Wildman–Crippen MR) is 527 cm³/mol. The maximum Gasteiger partial charge on any atom is 0.433 e. The number of hydrogen-bond donors (Lipinski definition) is 2. The summed E-state index contributed by atoms with van der Waals surface area (Å²) in [5, 5.41) is 2.62. The molecule has 762 valence electrons. The van der Waals surface area contributed by atoms with Crippen molar-refractivity contribution in [3.63, 3.8) is 0 Å². The van der Waals surface area contributed by atoms with E-state index in [0.717, 1.165) is 51.3 Å². The lowest BCUT2D eigenvalue weighted by atomic mass is 10.1. The molecule has 6 aromatic rings. The third kappa shape index (κ3) is 65.3. The Kier molecular flexibility index (Phi) is 75.4. The molecule has 0 heterocycles. The maximum absolute atomic E-state index is 12.4. The summed E-state index contributed by atoms with van der Waals surface area (Å²) in [6.07, 6.45) is 8.82. The minimum absolute atomic E-state index is 0.0153. The SMILES string of the molecule is CCCC(=O)CCC(=[N+]=[N-])C(=O)OCC.CCOC(=O)C(CCC(=O)OCc1ccccc1)=[N+]=[N-].CCOC(=O)C(CCCCC(CC(=O)OCc1ccccc1)=NC(=O)OCc1ccccc1)=[N+]=[N-].CCOC(=O)C(CCCCNC(=O)OCc1ccccc1)=[N+]=[N-].CCOC(=O)C(CCSC)=[N+]=[N-].CSCCC(=[N+]=[N-])C(=O)OCCc1ccccc1.[N-]=[N+]=C(CCC(N)=O)C(=O)OCCc1ccccc1. The number of Topliss-reactive ketones (excluding diaryl/α,β-unsaturated/α-hetero) is 1. The van der Waals surface area contributed by atoms with E-state index in [9.17, 15) is 62.3 Å². The Labute approximate surface area is 833 Å². The number of aliphatic imine (C=N–C) groups is 1. The van der Waals surface area contributed by atoms with Crippen LogP contribution in [-0.4, -0.2) is 234 Å². The number of nitrogens with one attached hydrogen (secondary N) is 1. The van der Waals surface area contributed by atoms with Crippen LogP contribution in [0, 0.1) is 0 Å². The fraction of sp³-hybridized carbons (Fsp3) is 0.424. The molecule has 0 radical (unpaired) electrons. The number of carbonyl (C=O) groups excluding carboxylic acids is 13. The van der Waals surface area contributed by atoms with Crippen LogP contribution in [0.4, 0.5) is 9.59 Å². The zero-order valence-corrected chi connectivity index (χ0v) is 82.9. The molecule has 0 spiro atoms. The van der Waals surface area contributed by atoms with Gasteiger partial charge in [0.25, 0.3) is 0 Å². The number of unbranched alkanes of at least 4 members (excludes halogenated alkanes) is 2. The van der Waals surface area contributed by atoms with E-state index in [4.69, 9.17) is 82.3 Å². The van der Waals surface area contributed by atoms with Gasteiger partial charge >= 0.3 is 106 Å². The fourth-order valence-electron chi connectivity index (χ4n) is 10.8. The molecule has 43 heteroatoms. The number of nitrogens with zero attached hydrogens (tertiary/aromatic N) is 15. The molecule has 0 aliphatic carbocycles. The van der Waals surface area contributed by atoms with E-state index in [1.807, 2.05) is 201 Å². The summed E-state index contributed by atoms with van der Waals surface area (Å²) in [6, 6.07) is 56.3. The van der Waals surface area contributed by atoms with E-state index in [-0.39, 0.29) is 163 Å². The van der Waals surface area contributed by atoms with Gasteiger partial charge in [-0.05, 0) is 119 Å². The van der Waals surface area contributed by atoms with E-state index in [1.54, 1.807) is 58.1 Å². The van der Waals surface area contributed by atoms with Crippen molar-refractivity contribution in [3.05, 3.63) is 254 Å². The zero-order chi connectivity index (χ0) is 105. The molecule has 0 aliphatic rings. The molecule has 0 fully saturated rings. The molecule has 41 nitrogen and oxygen atoms in total. The van der Waals surface area contributed by atoms with Crippen molar-refractivity contribution >= 4 is 147 Å². The second-order valence-corrected chi connectivity index (χ2v) is 30.7. The van der Waals surface area contributed by atoms with Gasteiger partial charge in [0.05, 0.1) is 104 Å². The quantitative estimate of drug-likeness (QED) is 0.00894. The maximum atomic E-state index is 12.4. The molecule has 0 saturated heterocycles. The molecular weight excluding hydrogens is 1880 g/mol. The molecule has 0 aliphatic heterocycles. The standard InChI is InChI=1S/C26H29N3O6.C16H21N3O4.C14H16N2O4.C13H15N3O3.C13H16N2O2S.C10H16N2O3.C7H12N2O2S/c1-2-33-25(31)23(29-27)16-10-9-15-22(17-24(30)34-18-20-11-5-3-6-12-20)28-26(32)35-19-21-13-7-4-8-14-21;1-2-22-15(20)14(19-17)10-6-7-11-18-16(21)23-12-13-8-4-3-5-9-13;1-2-19-14(18)12(16-15)8-9-13(17)20-10-11-6-4-3-5-7-11;14-12(17)7-6-11(16-15)13(18)19-9-8-10-4-2-1-3-5-10;1-18-10-8-12(15-14)13(16)17-9-7-11-5-3-2-4-6-11;1-3-5-8(13)6-7-9(12-11)10(14)15-4-2;1-3-11-7(10)6(9-8)4-5-12-2/h3-8,11-14H,2,9-10,15-19H2,1H3;3-5,8-9H,2,6-7,10-12H2,1H3,(H,18,21);3-7H,2,8-10H2,1H3;1-5H,6-9H2,(H2,14,17);2-6H,7-10H2,1H3;3-7H2,1-2H3;3-5H2,1-2H3. The fourth-order valence-corrected chi connectivity index (χ4v) is 11.6. The number of primary amides is 1. The van der Waals surface area contributed by atoms with E-state index < -0.39 is 71.8 Å². The van der Waals surface area contributed by atoms with E-state index in [0.29, 0.717) is 89.7 Å². The van der Waals surface area contributed by atoms with Gasteiger partial charge in [0, 0.05) is 55.9 Å². The number of benzene rings is 6. The van der Waals surface area contributed by atoms with Crippen LogP contribution in [0.5, 0.6) is 0 Å². The number of esters is 9. The first-order valence-electron chi connectivity index (χ1n) is 45.3. The molecule has 142 heavy (non-hydrogen) atoms. The summed E-state index contributed by atoms with van der Waals surface area (Å²) in [6.45, 7) is 12.8. The van der Waals surface area contributed by atoms with Crippen LogP contribution in [0.3, 0.4) is 0 Å². The monoisotopic (exact) mass is 2000 g/mol. The largest absolute Gasteiger partial charge is 0.461 e. The normalized spacial score (nSPS) is 9.73. The van der Waals surface area contributed by atoms with E-state index in [1.165, 1.54) is 0 Å². The molecular formula is C99H125N17O24S2.